The van der Waals surface area contributed by atoms with E-state index < -0.39 is 0 Å². The highest BCUT2D eigenvalue weighted by Gasteiger charge is 2.32. The summed E-state index contributed by atoms with van der Waals surface area (Å²) in [7, 11) is 0. The Hall–Kier alpha value is -3.03. The lowest BCUT2D eigenvalue weighted by molar-refractivity contribution is 0.722. The summed E-state index contributed by atoms with van der Waals surface area (Å²) in [5, 5.41) is 0. The van der Waals surface area contributed by atoms with Gasteiger partial charge < -0.3 is 0 Å². The zero-order valence-electron chi connectivity index (χ0n) is 17.2. The normalized spacial score (nSPS) is 24.3. The van der Waals surface area contributed by atoms with Crippen LogP contribution >= 0.6 is 11.8 Å². The number of thioether (sulfide) groups is 1. The van der Waals surface area contributed by atoms with Crippen LogP contribution in [0, 0.1) is 0 Å². The van der Waals surface area contributed by atoms with Gasteiger partial charge in [-0.3, -0.25) is 0 Å². The molecule has 3 atom stereocenters. The lowest BCUT2D eigenvalue weighted by Gasteiger charge is -2.32. The maximum absolute atomic E-state index is 2.47. The molecule has 31 heavy (non-hydrogen) atoms. The second-order valence-electron chi connectivity index (χ2n) is 8.90. The fraction of sp³-hybridized carbons (Fsp3) is 0.133. The molecule has 1 aliphatic heterocycles. The molecular formula is C30H22S. The van der Waals surface area contributed by atoms with Crippen molar-refractivity contribution >= 4 is 29.5 Å². The number of fused-ring (bicyclic) bond motifs is 8. The molecule has 0 bridgehead atoms. The molecule has 0 nitrogen and oxygen atoms in total. The molecule has 0 N–H and O–H groups in total. The maximum Gasteiger partial charge on any atom is 0.0205 e. The molecule has 0 saturated carbocycles. The summed E-state index contributed by atoms with van der Waals surface area (Å²) in [5.74, 6) is 1.38. The molecule has 0 radical (unpaired) electrons. The molecule has 0 aromatic heterocycles. The van der Waals surface area contributed by atoms with Gasteiger partial charge in [0.2, 0.25) is 0 Å². The molecule has 0 spiro atoms. The zero-order chi connectivity index (χ0) is 20.4. The average Bonchev–Trinajstić information content (AvgIpc) is 3.21. The Morgan fingerprint density at radius 2 is 1.42 bits per heavy atom. The smallest absolute Gasteiger partial charge is 0.0205 e. The molecule has 4 aliphatic rings. The molecular weight excluding hydrogens is 392 g/mol. The molecule has 3 aromatic carbocycles. The SMILES string of the molecule is C1=CC2c3cc(C4=CC=C5Sc6ccccc6C5C4)ccc3C=CC2c2ccccc21. The van der Waals surface area contributed by atoms with Crippen molar-refractivity contribution in [2.24, 2.45) is 0 Å². The highest BCUT2D eigenvalue weighted by atomic mass is 32.2. The van der Waals surface area contributed by atoms with E-state index in [9.17, 15) is 0 Å². The fourth-order valence-electron chi connectivity index (χ4n) is 5.69. The minimum atomic E-state index is 0.424. The number of allylic oxidation sites excluding steroid dienone is 6. The van der Waals surface area contributed by atoms with Crippen LogP contribution in [0.4, 0.5) is 0 Å². The van der Waals surface area contributed by atoms with E-state index in [1.54, 1.807) is 0 Å². The second kappa shape index (κ2) is 6.73. The monoisotopic (exact) mass is 414 g/mol. The maximum atomic E-state index is 2.47. The molecule has 7 rings (SSSR count). The lowest BCUT2D eigenvalue weighted by atomic mass is 9.71. The second-order valence-corrected chi connectivity index (χ2v) is 10.0. The van der Waals surface area contributed by atoms with E-state index in [0.717, 1.165) is 6.42 Å². The Balaban J connectivity index is 1.26. The molecule has 1 heteroatoms. The van der Waals surface area contributed by atoms with E-state index in [2.05, 4.69) is 103 Å². The van der Waals surface area contributed by atoms with E-state index in [1.807, 2.05) is 11.8 Å². The van der Waals surface area contributed by atoms with Gasteiger partial charge in [-0.1, -0.05) is 109 Å². The van der Waals surface area contributed by atoms with Gasteiger partial charge in [-0.05, 0) is 56.3 Å². The molecule has 0 fully saturated rings. The van der Waals surface area contributed by atoms with Gasteiger partial charge in [-0.2, -0.15) is 0 Å². The van der Waals surface area contributed by atoms with Gasteiger partial charge in [-0.25, -0.2) is 0 Å². The zero-order valence-corrected chi connectivity index (χ0v) is 18.0. The van der Waals surface area contributed by atoms with Gasteiger partial charge in [0, 0.05) is 22.6 Å². The third-order valence-electron chi connectivity index (χ3n) is 7.26. The van der Waals surface area contributed by atoms with Crippen LogP contribution in [0.5, 0.6) is 0 Å². The lowest BCUT2D eigenvalue weighted by Crippen LogP contribution is -2.16. The van der Waals surface area contributed by atoms with Crippen LogP contribution in [-0.4, -0.2) is 0 Å². The standard InChI is InChI=1S/C30H22S/c1-2-6-23-19(5-1)11-15-25-24(23)14-12-20-9-10-21(17-27(20)25)22-13-16-30-28(18-22)26-7-3-4-8-29(26)31-30/h1-17,24-25,28H,18H2. The summed E-state index contributed by atoms with van der Waals surface area (Å²) in [6.07, 6.45) is 15.3. The summed E-state index contributed by atoms with van der Waals surface area (Å²) in [4.78, 5) is 2.93. The van der Waals surface area contributed by atoms with E-state index in [-0.39, 0.29) is 0 Å². The van der Waals surface area contributed by atoms with Crippen molar-refractivity contribution in [1.29, 1.82) is 0 Å². The first kappa shape index (κ1) is 17.6. The van der Waals surface area contributed by atoms with Crippen molar-refractivity contribution in [2.75, 3.05) is 0 Å². The Morgan fingerprint density at radius 3 is 2.32 bits per heavy atom. The first-order chi connectivity index (χ1) is 15.3. The third kappa shape index (κ3) is 2.70. The van der Waals surface area contributed by atoms with E-state index in [1.165, 1.54) is 48.8 Å². The van der Waals surface area contributed by atoms with E-state index in [4.69, 9.17) is 0 Å². The first-order valence-electron chi connectivity index (χ1n) is 11.1. The van der Waals surface area contributed by atoms with Gasteiger partial charge in [0.25, 0.3) is 0 Å². The highest BCUT2D eigenvalue weighted by Crippen LogP contribution is 2.54. The summed E-state index contributed by atoms with van der Waals surface area (Å²) < 4.78 is 0. The predicted molar refractivity (Wildman–Crippen MR) is 132 cm³/mol. The Labute approximate surface area is 187 Å². The van der Waals surface area contributed by atoms with Crippen LogP contribution in [-0.2, 0) is 0 Å². The fourth-order valence-corrected chi connectivity index (χ4v) is 6.91. The first-order valence-corrected chi connectivity index (χ1v) is 11.9. The molecule has 3 aromatic rings. The van der Waals surface area contributed by atoms with Gasteiger partial charge in [0.15, 0.2) is 0 Å². The Morgan fingerprint density at radius 1 is 0.677 bits per heavy atom. The molecule has 3 unspecified atom stereocenters. The van der Waals surface area contributed by atoms with Gasteiger partial charge in [-0.15, -0.1) is 0 Å². The van der Waals surface area contributed by atoms with Gasteiger partial charge in [0.05, 0.1) is 0 Å². The average molecular weight is 415 g/mol. The number of hydrogen-bond acceptors (Lipinski definition) is 1. The van der Waals surface area contributed by atoms with Crippen LogP contribution in [0.1, 0.15) is 57.6 Å². The van der Waals surface area contributed by atoms with Crippen LogP contribution in [0.15, 0.2) is 101 Å². The minimum absolute atomic E-state index is 0.424. The molecule has 3 aliphatic carbocycles. The topological polar surface area (TPSA) is 0 Å². The van der Waals surface area contributed by atoms with Crippen molar-refractivity contribution < 1.29 is 0 Å². The van der Waals surface area contributed by atoms with Crippen LogP contribution in [0.2, 0.25) is 0 Å². The van der Waals surface area contributed by atoms with Gasteiger partial charge >= 0.3 is 0 Å². The largest absolute Gasteiger partial charge is 0.0936 e. The van der Waals surface area contributed by atoms with Crippen LogP contribution in [0.25, 0.3) is 17.7 Å². The summed E-state index contributed by atoms with van der Waals surface area (Å²) >= 11 is 1.95. The summed E-state index contributed by atoms with van der Waals surface area (Å²) in [6, 6.07) is 24.8. The molecule has 0 amide bonds. The molecule has 1 heterocycles. The quantitative estimate of drug-likeness (QED) is 0.387. The van der Waals surface area contributed by atoms with E-state index >= 15 is 0 Å². The predicted octanol–water partition coefficient (Wildman–Crippen LogP) is 8.17. The number of benzene rings is 3. The Bertz CT molecular complexity index is 1350. The van der Waals surface area contributed by atoms with E-state index in [0.29, 0.717) is 17.8 Å². The van der Waals surface area contributed by atoms with Crippen LogP contribution in [0.3, 0.4) is 0 Å². The molecule has 0 saturated heterocycles. The summed E-state index contributed by atoms with van der Waals surface area (Å²) in [6.45, 7) is 0. The van der Waals surface area contributed by atoms with Crippen molar-refractivity contribution in [2.45, 2.75) is 29.1 Å². The summed E-state index contributed by atoms with van der Waals surface area (Å²) in [5.41, 5.74) is 9.97. The minimum Gasteiger partial charge on any atom is -0.0936 e. The molecule has 148 valence electrons. The highest BCUT2D eigenvalue weighted by molar-refractivity contribution is 8.03. The van der Waals surface area contributed by atoms with Crippen molar-refractivity contribution in [1.82, 2.24) is 0 Å². The van der Waals surface area contributed by atoms with Crippen molar-refractivity contribution in [3.63, 3.8) is 0 Å². The van der Waals surface area contributed by atoms with Crippen LogP contribution < -0.4 is 0 Å². The van der Waals surface area contributed by atoms with Gasteiger partial charge in [0.1, 0.15) is 0 Å². The van der Waals surface area contributed by atoms with Crippen molar-refractivity contribution in [3.8, 4) is 0 Å². The number of rotatable bonds is 1. The van der Waals surface area contributed by atoms with Crippen molar-refractivity contribution in [3.05, 3.63) is 129 Å². The third-order valence-corrected chi connectivity index (χ3v) is 8.51. The number of hydrogen-bond donors (Lipinski definition) is 0. The Kier molecular flexibility index (Phi) is 3.83.